The summed E-state index contributed by atoms with van der Waals surface area (Å²) in [6, 6.07) is 7.52. The molecule has 1 aliphatic rings. The number of aromatic nitrogens is 1. The number of benzene rings is 1. The minimum Gasteiger partial charge on any atom is -0.340 e. The largest absolute Gasteiger partial charge is 0.340 e. The van der Waals surface area contributed by atoms with E-state index >= 15 is 0 Å². The fraction of sp³-hybridized carbons (Fsp3) is 0.391. The average Bonchev–Trinajstić information content (AvgIpc) is 2.75. The maximum atomic E-state index is 13.0. The van der Waals surface area contributed by atoms with Crippen LogP contribution in [-0.2, 0) is 16.0 Å². The molecular formula is C23H26FN5O3. The second-order valence-electron chi connectivity index (χ2n) is 7.88. The molecular weight excluding hydrogens is 413 g/mol. The molecule has 2 amide bonds. The van der Waals surface area contributed by atoms with Gasteiger partial charge in [-0.2, -0.15) is 5.26 Å². The number of nitriles is 1. The van der Waals surface area contributed by atoms with E-state index in [2.05, 4.69) is 10.3 Å². The van der Waals surface area contributed by atoms with Crippen molar-refractivity contribution in [1.82, 2.24) is 14.8 Å². The molecule has 0 aliphatic carbocycles. The van der Waals surface area contributed by atoms with Crippen molar-refractivity contribution >= 4 is 17.5 Å². The first-order valence-corrected chi connectivity index (χ1v) is 10.5. The van der Waals surface area contributed by atoms with Gasteiger partial charge in [0.15, 0.2) is 0 Å². The molecule has 1 aromatic carbocycles. The molecule has 2 N–H and O–H groups in total. The van der Waals surface area contributed by atoms with Gasteiger partial charge < -0.3 is 15.2 Å². The molecule has 32 heavy (non-hydrogen) atoms. The zero-order valence-corrected chi connectivity index (χ0v) is 18.2. The van der Waals surface area contributed by atoms with Crippen molar-refractivity contribution in [1.29, 1.82) is 5.26 Å². The van der Waals surface area contributed by atoms with Crippen LogP contribution in [0.15, 0.2) is 29.1 Å². The molecule has 0 bridgehead atoms. The number of aryl methyl sites for hydroxylation is 1. The first-order valence-electron chi connectivity index (χ1n) is 10.5. The SMILES string of the molecule is Cc1[nH]c(=O)c(C#N)c(C)c1CCC(=O)N1CCN(CC(=O)Nc2ccc(F)cc2)CC1. The number of carbonyl (C=O) groups excluding carboxylic acids is 2. The molecule has 0 atom stereocenters. The molecule has 0 radical (unpaired) electrons. The lowest BCUT2D eigenvalue weighted by Gasteiger charge is -2.34. The van der Waals surface area contributed by atoms with Gasteiger partial charge in [-0.1, -0.05) is 0 Å². The molecule has 0 spiro atoms. The predicted molar refractivity (Wildman–Crippen MR) is 118 cm³/mol. The van der Waals surface area contributed by atoms with Crippen molar-refractivity contribution in [2.75, 3.05) is 38.0 Å². The topological polar surface area (TPSA) is 109 Å². The highest BCUT2D eigenvalue weighted by Gasteiger charge is 2.23. The van der Waals surface area contributed by atoms with E-state index in [1.165, 1.54) is 24.3 Å². The highest BCUT2D eigenvalue weighted by Crippen LogP contribution is 2.16. The Bertz CT molecular complexity index is 1100. The number of hydrogen-bond acceptors (Lipinski definition) is 5. The van der Waals surface area contributed by atoms with Gasteiger partial charge in [0.25, 0.3) is 5.56 Å². The Morgan fingerprint density at radius 3 is 2.44 bits per heavy atom. The highest BCUT2D eigenvalue weighted by atomic mass is 19.1. The maximum absolute atomic E-state index is 13.0. The fourth-order valence-corrected chi connectivity index (χ4v) is 3.90. The number of nitrogens with one attached hydrogen (secondary N) is 2. The van der Waals surface area contributed by atoms with Crippen molar-refractivity contribution < 1.29 is 14.0 Å². The third kappa shape index (κ3) is 5.59. The van der Waals surface area contributed by atoms with E-state index in [9.17, 15) is 24.0 Å². The second-order valence-corrected chi connectivity index (χ2v) is 7.88. The van der Waals surface area contributed by atoms with Crippen LogP contribution in [0.1, 0.15) is 28.8 Å². The minimum absolute atomic E-state index is 0.00363. The molecule has 2 heterocycles. The first-order chi connectivity index (χ1) is 15.3. The van der Waals surface area contributed by atoms with Gasteiger partial charge in [-0.25, -0.2) is 4.39 Å². The summed E-state index contributed by atoms with van der Waals surface area (Å²) in [4.78, 5) is 43.2. The summed E-state index contributed by atoms with van der Waals surface area (Å²) < 4.78 is 13.0. The van der Waals surface area contributed by atoms with Crippen molar-refractivity contribution in [3.8, 4) is 6.07 Å². The number of halogens is 1. The van der Waals surface area contributed by atoms with Gasteiger partial charge in [0.05, 0.1) is 6.54 Å². The second kappa shape index (κ2) is 10.2. The predicted octanol–water partition coefficient (Wildman–Crippen LogP) is 1.72. The third-order valence-electron chi connectivity index (χ3n) is 5.73. The molecule has 1 saturated heterocycles. The molecule has 1 fully saturated rings. The van der Waals surface area contributed by atoms with E-state index in [4.69, 9.17) is 0 Å². The normalized spacial score (nSPS) is 14.1. The number of aromatic amines is 1. The number of H-pyrrole nitrogens is 1. The Kier molecular flexibility index (Phi) is 7.38. The lowest BCUT2D eigenvalue weighted by molar-refractivity contribution is -0.133. The van der Waals surface area contributed by atoms with E-state index in [1.807, 2.05) is 11.0 Å². The molecule has 1 aromatic heterocycles. The van der Waals surface area contributed by atoms with Crippen LogP contribution in [0.2, 0.25) is 0 Å². The molecule has 0 unspecified atom stereocenters. The third-order valence-corrected chi connectivity index (χ3v) is 5.73. The summed E-state index contributed by atoms with van der Waals surface area (Å²) in [5.41, 5.74) is 2.35. The monoisotopic (exact) mass is 439 g/mol. The summed E-state index contributed by atoms with van der Waals surface area (Å²) >= 11 is 0. The summed E-state index contributed by atoms with van der Waals surface area (Å²) in [5, 5.41) is 11.9. The average molecular weight is 439 g/mol. The molecule has 9 heteroatoms. The van der Waals surface area contributed by atoms with Crippen LogP contribution in [0, 0.1) is 31.0 Å². The van der Waals surface area contributed by atoms with Crippen molar-refractivity contribution in [3.05, 3.63) is 62.8 Å². The minimum atomic E-state index is -0.405. The van der Waals surface area contributed by atoms with Crippen LogP contribution in [0.4, 0.5) is 10.1 Å². The van der Waals surface area contributed by atoms with E-state index in [0.29, 0.717) is 49.5 Å². The van der Waals surface area contributed by atoms with Crippen LogP contribution in [0.5, 0.6) is 0 Å². The van der Waals surface area contributed by atoms with Gasteiger partial charge in [0, 0.05) is 44.0 Å². The van der Waals surface area contributed by atoms with Gasteiger partial charge in [-0.15, -0.1) is 0 Å². The summed E-state index contributed by atoms with van der Waals surface area (Å²) in [6.45, 7) is 5.91. The van der Waals surface area contributed by atoms with Gasteiger partial charge in [0.2, 0.25) is 11.8 Å². The molecule has 168 valence electrons. The maximum Gasteiger partial charge on any atom is 0.266 e. The van der Waals surface area contributed by atoms with Gasteiger partial charge >= 0.3 is 0 Å². The smallest absolute Gasteiger partial charge is 0.266 e. The standard InChI is InChI=1S/C23H26FN5O3/c1-15-19(16(2)26-23(32)20(15)13-25)7-8-22(31)29-11-9-28(10-12-29)14-21(30)27-18-5-3-17(24)4-6-18/h3-6H,7-12,14H2,1-2H3,(H,26,32)(H,27,30). The van der Waals surface area contributed by atoms with Crippen molar-refractivity contribution in [3.63, 3.8) is 0 Å². The Labute approximate surface area is 185 Å². The summed E-state index contributed by atoms with van der Waals surface area (Å²) in [7, 11) is 0. The lowest BCUT2D eigenvalue weighted by atomic mass is 9.99. The van der Waals surface area contributed by atoms with Crippen molar-refractivity contribution in [2.45, 2.75) is 26.7 Å². The van der Waals surface area contributed by atoms with E-state index < -0.39 is 5.56 Å². The summed E-state index contributed by atoms with van der Waals surface area (Å²) in [5.74, 6) is -0.544. The Hall–Kier alpha value is -3.51. The molecule has 0 saturated carbocycles. The molecule has 1 aliphatic heterocycles. The molecule has 2 aromatic rings. The first kappa shape index (κ1) is 23.2. The number of carbonyl (C=O) groups is 2. The van der Waals surface area contributed by atoms with Gasteiger partial charge in [0.1, 0.15) is 17.4 Å². The van der Waals surface area contributed by atoms with Crippen LogP contribution >= 0.6 is 0 Å². The Balaban J connectivity index is 1.48. The number of hydrogen-bond donors (Lipinski definition) is 2. The number of rotatable bonds is 6. The van der Waals surface area contributed by atoms with Crippen LogP contribution in [0.25, 0.3) is 0 Å². The number of nitrogens with zero attached hydrogens (tertiary/aromatic N) is 3. The number of piperazine rings is 1. The van der Waals surface area contributed by atoms with E-state index in [-0.39, 0.29) is 36.2 Å². The number of amides is 2. The Morgan fingerprint density at radius 1 is 1.16 bits per heavy atom. The van der Waals surface area contributed by atoms with E-state index in [0.717, 1.165) is 5.56 Å². The zero-order chi connectivity index (χ0) is 23.3. The number of anilines is 1. The van der Waals surface area contributed by atoms with Crippen LogP contribution in [-0.4, -0.2) is 59.3 Å². The van der Waals surface area contributed by atoms with Gasteiger partial charge in [-0.05, 0) is 55.7 Å². The molecule has 8 nitrogen and oxygen atoms in total. The fourth-order valence-electron chi connectivity index (χ4n) is 3.90. The van der Waals surface area contributed by atoms with Crippen molar-refractivity contribution in [2.24, 2.45) is 0 Å². The van der Waals surface area contributed by atoms with Gasteiger partial charge in [-0.3, -0.25) is 19.3 Å². The highest BCUT2D eigenvalue weighted by molar-refractivity contribution is 5.92. The quantitative estimate of drug-likeness (QED) is 0.712. The number of pyridine rings is 1. The van der Waals surface area contributed by atoms with Crippen LogP contribution < -0.4 is 10.9 Å². The zero-order valence-electron chi connectivity index (χ0n) is 18.2. The Morgan fingerprint density at radius 2 is 1.81 bits per heavy atom. The summed E-state index contributed by atoms with van der Waals surface area (Å²) in [6.07, 6.45) is 0.728. The van der Waals surface area contributed by atoms with E-state index in [1.54, 1.807) is 18.7 Å². The lowest BCUT2D eigenvalue weighted by Crippen LogP contribution is -2.50. The van der Waals surface area contributed by atoms with Crippen LogP contribution in [0.3, 0.4) is 0 Å². The molecule has 3 rings (SSSR count).